The van der Waals surface area contributed by atoms with Crippen LogP contribution in [0.15, 0.2) is 59.7 Å². The summed E-state index contributed by atoms with van der Waals surface area (Å²) in [6, 6.07) is 11.6. The number of likely N-dealkylation sites (tertiary alicyclic amines) is 1. The Hall–Kier alpha value is -3.35. The van der Waals surface area contributed by atoms with Gasteiger partial charge in [0.25, 0.3) is 5.56 Å². The SMILES string of the molecule is O=C(CCc1ccccc1F)N1CC[C@@H](c2cc(=O)[nH]c(-c3ccncc3)n2)C1. The fraction of sp³-hybridized carbons (Fsp3) is 0.273. The Balaban J connectivity index is 1.43. The van der Waals surface area contributed by atoms with Crippen LogP contribution in [0.1, 0.15) is 30.0 Å². The zero-order chi connectivity index (χ0) is 20.2. The van der Waals surface area contributed by atoms with Gasteiger partial charge < -0.3 is 9.88 Å². The van der Waals surface area contributed by atoms with Crippen molar-refractivity contribution in [3.05, 3.63) is 82.3 Å². The van der Waals surface area contributed by atoms with E-state index in [1.54, 1.807) is 47.6 Å². The highest BCUT2D eigenvalue weighted by Gasteiger charge is 2.28. The molecule has 1 aliphatic rings. The lowest BCUT2D eigenvalue weighted by Gasteiger charge is -2.17. The van der Waals surface area contributed by atoms with E-state index in [1.165, 1.54) is 12.1 Å². The van der Waals surface area contributed by atoms with Gasteiger partial charge in [0, 0.05) is 49.5 Å². The van der Waals surface area contributed by atoms with Crippen molar-refractivity contribution in [2.45, 2.75) is 25.2 Å². The highest BCUT2D eigenvalue weighted by Crippen LogP contribution is 2.27. The molecular formula is C22H21FN4O2. The number of amides is 1. The van der Waals surface area contributed by atoms with Gasteiger partial charge in [-0.15, -0.1) is 0 Å². The first kappa shape index (κ1) is 19.0. The number of pyridine rings is 1. The lowest BCUT2D eigenvalue weighted by Crippen LogP contribution is -2.29. The zero-order valence-electron chi connectivity index (χ0n) is 15.8. The van der Waals surface area contributed by atoms with E-state index in [2.05, 4.69) is 15.0 Å². The van der Waals surface area contributed by atoms with Gasteiger partial charge in [-0.05, 0) is 36.6 Å². The largest absolute Gasteiger partial charge is 0.342 e. The van der Waals surface area contributed by atoms with Crippen molar-refractivity contribution in [2.75, 3.05) is 13.1 Å². The maximum atomic E-state index is 13.7. The molecule has 0 aliphatic carbocycles. The van der Waals surface area contributed by atoms with E-state index in [1.807, 2.05) is 0 Å². The first-order chi connectivity index (χ1) is 14.1. The van der Waals surface area contributed by atoms with Gasteiger partial charge in [0.2, 0.25) is 5.91 Å². The number of benzene rings is 1. The monoisotopic (exact) mass is 392 g/mol. The number of aromatic nitrogens is 3. The third-order valence-corrected chi connectivity index (χ3v) is 5.24. The minimum atomic E-state index is -0.282. The summed E-state index contributed by atoms with van der Waals surface area (Å²) in [4.78, 5) is 37.8. The van der Waals surface area contributed by atoms with Gasteiger partial charge in [-0.2, -0.15) is 0 Å². The Morgan fingerprint density at radius 2 is 2.00 bits per heavy atom. The Kier molecular flexibility index (Phi) is 5.46. The predicted octanol–water partition coefficient (Wildman–Crippen LogP) is 2.92. The van der Waals surface area contributed by atoms with Crippen LogP contribution >= 0.6 is 0 Å². The minimum absolute atomic E-state index is 0.00468. The lowest BCUT2D eigenvalue weighted by atomic mass is 10.0. The number of carbonyl (C=O) groups is 1. The summed E-state index contributed by atoms with van der Waals surface area (Å²) in [5, 5.41) is 0. The molecule has 3 heterocycles. The van der Waals surface area contributed by atoms with Crippen LogP contribution in [0.25, 0.3) is 11.4 Å². The third-order valence-electron chi connectivity index (χ3n) is 5.24. The number of hydrogen-bond acceptors (Lipinski definition) is 4. The van der Waals surface area contributed by atoms with E-state index in [4.69, 9.17) is 0 Å². The molecule has 1 aliphatic heterocycles. The molecule has 0 unspecified atom stereocenters. The number of nitrogens with one attached hydrogen (secondary N) is 1. The Bertz CT molecular complexity index is 1070. The molecule has 1 amide bonds. The van der Waals surface area contributed by atoms with Crippen molar-refractivity contribution in [1.82, 2.24) is 19.9 Å². The van der Waals surface area contributed by atoms with E-state index in [0.29, 0.717) is 36.6 Å². The van der Waals surface area contributed by atoms with Crippen LogP contribution in [0.5, 0.6) is 0 Å². The minimum Gasteiger partial charge on any atom is -0.342 e. The van der Waals surface area contributed by atoms with Crippen molar-refractivity contribution < 1.29 is 9.18 Å². The molecule has 7 heteroatoms. The molecule has 1 fully saturated rings. The molecule has 0 spiro atoms. The van der Waals surface area contributed by atoms with Gasteiger partial charge in [-0.3, -0.25) is 14.6 Å². The van der Waals surface area contributed by atoms with Crippen LogP contribution < -0.4 is 5.56 Å². The summed E-state index contributed by atoms with van der Waals surface area (Å²) in [7, 11) is 0. The van der Waals surface area contributed by atoms with Crippen molar-refractivity contribution in [3.8, 4) is 11.4 Å². The summed E-state index contributed by atoms with van der Waals surface area (Å²) in [6.07, 6.45) is 4.68. The second-order valence-electron chi connectivity index (χ2n) is 7.17. The number of carbonyl (C=O) groups excluding carboxylic acids is 1. The van der Waals surface area contributed by atoms with E-state index >= 15 is 0 Å². The third kappa shape index (κ3) is 4.39. The second kappa shape index (κ2) is 8.34. The quantitative estimate of drug-likeness (QED) is 0.724. The standard InChI is InChI=1S/C22H21FN4O2/c23-18-4-2-1-3-15(18)5-6-21(29)27-12-9-17(14-27)19-13-20(28)26-22(25-19)16-7-10-24-11-8-16/h1-4,7-8,10-11,13,17H,5-6,9,12,14H2,(H,25,26,28)/t17-/m1/s1. The maximum Gasteiger partial charge on any atom is 0.251 e. The number of H-pyrrole nitrogens is 1. The fourth-order valence-electron chi connectivity index (χ4n) is 3.66. The molecule has 1 atom stereocenters. The molecule has 1 N–H and O–H groups in total. The molecule has 29 heavy (non-hydrogen) atoms. The molecule has 1 aromatic carbocycles. The zero-order valence-corrected chi connectivity index (χ0v) is 15.8. The Labute approximate surface area is 167 Å². The Morgan fingerprint density at radius 1 is 1.21 bits per heavy atom. The topological polar surface area (TPSA) is 79.0 Å². The number of nitrogens with zero attached hydrogens (tertiary/aromatic N) is 3. The van der Waals surface area contributed by atoms with Crippen molar-refractivity contribution in [2.24, 2.45) is 0 Å². The molecule has 0 saturated carbocycles. The first-order valence-electron chi connectivity index (χ1n) is 9.63. The number of aromatic amines is 1. The molecule has 4 rings (SSSR count). The van der Waals surface area contributed by atoms with Crippen LogP contribution in [0.3, 0.4) is 0 Å². The molecule has 148 valence electrons. The van der Waals surface area contributed by atoms with E-state index < -0.39 is 0 Å². The summed E-state index contributed by atoms with van der Waals surface area (Å²) in [6.45, 7) is 1.13. The van der Waals surface area contributed by atoms with Gasteiger partial charge in [-0.1, -0.05) is 18.2 Å². The highest BCUT2D eigenvalue weighted by atomic mass is 19.1. The van der Waals surface area contributed by atoms with Gasteiger partial charge >= 0.3 is 0 Å². The van der Waals surface area contributed by atoms with Crippen LogP contribution in [-0.4, -0.2) is 38.8 Å². The molecule has 0 bridgehead atoms. The molecule has 0 radical (unpaired) electrons. The summed E-state index contributed by atoms with van der Waals surface area (Å²) in [5.41, 5.74) is 1.81. The lowest BCUT2D eigenvalue weighted by molar-refractivity contribution is -0.130. The molecular weight excluding hydrogens is 371 g/mol. The van der Waals surface area contributed by atoms with Crippen LogP contribution in [-0.2, 0) is 11.2 Å². The average molecular weight is 392 g/mol. The van der Waals surface area contributed by atoms with Crippen molar-refractivity contribution >= 4 is 5.91 Å². The normalized spacial score (nSPS) is 16.2. The summed E-state index contributed by atoms with van der Waals surface area (Å²) in [5.74, 6) is 0.223. The fourth-order valence-corrected chi connectivity index (χ4v) is 3.66. The van der Waals surface area contributed by atoms with E-state index in [9.17, 15) is 14.0 Å². The number of aryl methyl sites for hydroxylation is 1. The number of rotatable bonds is 5. The predicted molar refractivity (Wildman–Crippen MR) is 107 cm³/mol. The maximum absolute atomic E-state index is 13.7. The average Bonchev–Trinajstić information content (AvgIpc) is 3.24. The number of halogens is 1. The van der Waals surface area contributed by atoms with Crippen molar-refractivity contribution in [1.29, 1.82) is 0 Å². The summed E-state index contributed by atoms with van der Waals surface area (Å²) < 4.78 is 13.7. The molecule has 3 aromatic rings. The van der Waals surface area contributed by atoms with Gasteiger partial charge in [0.1, 0.15) is 11.6 Å². The molecule has 1 saturated heterocycles. The van der Waals surface area contributed by atoms with Gasteiger partial charge in [-0.25, -0.2) is 9.37 Å². The second-order valence-corrected chi connectivity index (χ2v) is 7.17. The van der Waals surface area contributed by atoms with Crippen molar-refractivity contribution in [3.63, 3.8) is 0 Å². The van der Waals surface area contributed by atoms with Crippen LogP contribution in [0.2, 0.25) is 0 Å². The van der Waals surface area contributed by atoms with Gasteiger partial charge in [0.15, 0.2) is 0 Å². The molecule has 2 aromatic heterocycles. The van der Waals surface area contributed by atoms with Crippen LogP contribution in [0, 0.1) is 5.82 Å². The van der Waals surface area contributed by atoms with E-state index in [-0.39, 0.29) is 29.6 Å². The smallest absolute Gasteiger partial charge is 0.251 e. The molecule has 6 nitrogen and oxygen atoms in total. The first-order valence-corrected chi connectivity index (χ1v) is 9.63. The van der Waals surface area contributed by atoms with Crippen LogP contribution in [0.4, 0.5) is 4.39 Å². The number of hydrogen-bond donors (Lipinski definition) is 1. The summed E-state index contributed by atoms with van der Waals surface area (Å²) >= 11 is 0. The highest BCUT2D eigenvalue weighted by molar-refractivity contribution is 5.76. The van der Waals surface area contributed by atoms with E-state index in [0.717, 1.165) is 12.0 Å². The Morgan fingerprint density at radius 3 is 2.79 bits per heavy atom. The van der Waals surface area contributed by atoms with Gasteiger partial charge in [0.05, 0.1) is 5.69 Å².